The summed E-state index contributed by atoms with van der Waals surface area (Å²) in [5.74, 6) is -1.52. The minimum atomic E-state index is -4.14. The van der Waals surface area contributed by atoms with Gasteiger partial charge in [-0.05, 0) is 29.8 Å². The number of halogens is 1. The summed E-state index contributed by atoms with van der Waals surface area (Å²) < 4.78 is 64.1. The zero-order chi connectivity index (χ0) is 18.9. The molecule has 1 fully saturated rings. The van der Waals surface area contributed by atoms with Gasteiger partial charge in [-0.25, -0.2) is 21.2 Å². The van der Waals surface area contributed by atoms with Crippen LogP contribution in [0, 0.1) is 5.82 Å². The van der Waals surface area contributed by atoms with Gasteiger partial charge in [0.25, 0.3) is 0 Å². The van der Waals surface area contributed by atoms with E-state index in [1.807, 2.05) is 0 Å². The fourth-order valence-corrected chi connectivity index (χ4v) is 6.51. The largest absolute Gasteiger partial charge is 0.390 e. The third-order valence-corrected chi connectivity index (χ3v) is 7.85. The quantitative estimate of drug-likeness (QED) is 0.815. The van der Waals surface area contributed by atoms with E-state index in [-0.39, 0.29) is 11.4 Å². The molecule has 0 aliphatic carbocycles. The number of sulfonamides is 1. The molecule has 140 valence electrons. The van der Waals surface area contributed by atoms with Crippen LogP contribution in [-0.2, 0) is 26.4 Å². The average molecular weight is 399 g/mol. The first kappa shape index (κ1) is 19.0. The van der Waals surface area contributed by atoms with E-state index >= 15 is 0 Å². The molecule has 1 N–H and O–H groups in total. The molecular formula is C17H18FNO5S2. The molecule has 2 aromatic carbocycles. The van der Waals surface area contributed by atoms with E-state index < -0.39 is 49.3 Å². The highest BCUT2D eigenvalue weighted by molar-refractivity contribution is 7.92. The molecule has 0 radical (unpaired) electrons. The summed E-state index contributed by atoms with van der Waals surface area (Å²) in [6.45, 7) is -0.0994. The number of aliphatic hydroxyl groups excluding tert-OH is 1. The van der Waals surface area contributed by atoms with Crippen molar-refractivity contribution in [2.45, 2.75) is 23.6 Å². The Balaban J connectivity index is 2.04. The first-order valence-electron chi connectivity index (χ1n) is 7.89. The fourth-order valence-electron chi connectivity index (χ4n) is 2.97. The molecule has 0 aromatic heterocycles. The average Bonchev–Trinajstić information content (AvgIpc) is 2.86. The van der Waals surface area contributed by atoms with Crippen LogP contribution in [0.4, 0.5) is 4.39 Å². The van der Waals surface area contributed by atoms with Crippen molar-refractivity contribution in [3.63, 3.8) is 0 Å². The standard InChI is InChI=1S/C17H18FNO5S2/c18-14-6-8-15(9-7-14)26(23,24)19(10-13-4-2-1-3-5-13)16-11-25(21,22)12-17(16)20/h1-9,16-17,20H,10-12H2/t16-,17-/m0/s1. The Bertz CT molecular complexity index is 976. The molecule has 6 nitrogen and oxygen atoms in total. The lowest BCUT2D eigenvalue weighted by atomic mass is 10.2. The lowest BCUT2D eigenvalue weighted by Gasteiger charge is -2.29. The second-order valence-corrected chi connectivity index (χ2v) is 10.2. The first-order valence-corrected chi connectivity index (χ1v) is 11.1. The van der Waals surface area contributed by atoms with Crippen molar-refractivity contribution < 1.29 is 26.3 Å². The van der Waals surface area contributed by atoms with Gasteiger partial charge in [0, 0.05) is 6.54 Å². The first-order chi connectivity index (χ1) is 12.2. The predicted octanol–water partition coefficient (Wildman–Crippen LogP) is 1.17. The summed E-state index contributed by atoms with van der Waals surface area (Å²) in [6.07, 6.45) is -1.32. The Morgan fingerprint density at radius 1 is 1.04 bits per heavy atom. The summed E-state index contributed by atoms with van der Waals surface area (Å²) in [7, 11) is -7.69. The topological polar surface area (TPSA) is 91.8 Å². The van der Waals surface area contributed by atoms with Crippen molar-refractivity contribution in [2.75, 3.05) is 11.5 Å². The molecule has 1 aliphatic heterocycles. The van der Waals surface area contributed by atoms with Crippen LogP contribution in [-0.4, -0.2) is 49.9 Å². The van der Waals surface area contributed by atoms with E-state index in [0.717, 1.165) is 28.6 Å². The number of nitrogens with zero attached hydrogens (tertiary/aromatic N) is 1. The highest BCUT2D eigenvalue weighted by Gasteiger charge is 2.44. The highest BCUT2D eigenvalue weighted by atomic mass is 32.2. The minimum Gasteiger partial charge on any atom is -0.390 e. The summed E-state index contributed by atoms with van der Waals surface area (Å²) in [6, 6.07) is 11.9. The maximum atomic E-state index is 13.2. The van der Waals surface area contributed by atoms with Crippen LogP contribution in [0.15, 0.2) is 59.5 Å². The predicted molar refractivity (Wildman–Crippen MR) is 94.0 cm³/mol. The van der Waals surface area contributed by atoms with E-state index in [0.29, 0.717) is 5.56 Å². The zero-order valence-electron chi connectivity index (χ0n) is 13.7. The van der Waals surface area contributed by atoms with Gasteiger partial charge >= 0.3 is 0 Å². The fraction of sp³-hybridized carbons (Fsp3) is 0.294. The van der Waals surface area contributed by atoms with Gasteiger partial charge in [0.05, 0.1) is 28.5 Å². The summed E-state index contributed by atoms with van der Waals surface area (Å²) >= 11 is 0. The molecule has 1 saturated heterocycles. The lowest BCUT2D eigenvalue weighted by molar-refractivity contribution is 0.125. The van der Waals surface area contributed by atoms with Crippen molar-refractivity contribution in [1.29, 1.82) is 0 Å². The number of aliphatic hydroxyl groups is 1. The Kier molecular flexibility index (Phi) is 5.16. The minimum absolute atomic E-state index is 0.0994. The van der Waals surface area contributed by atoms with Crippen LogP contribution in [0.3, 0.4) is 0 Å². The molecule has 0 amide bonds. The van der Waals surface area contributed by atoms with Crippen LogP contribution in [0.25, 0.3) is 0 Å². The summed E-state index contributed by atoms with van der Waals surface area (Å²) in [5.41, 5.74) is 0.648. The molecule has 26 heavy (non-hydrogen) atoms. The van der Waals surface area contributed by atoms with Gasteiger partial charge < -0.3 is 5.11 Å². The second-order valence-electron chi connectivity index (χ2n) is 6.20. The molecule has 3 rings (SSSR count). The normalized spacial score (nSPS) is 22.6. The lowest BCUT2D eigenvalue weighted by Crippen LogP contribution is -2.46. The Labute approximate surface area is 151 Å². The number of rotatable bonds is 5. The molecular weight excluding hydrogens is 381 g/mol. The van der Waals surface area contributed by atoms with E-state index in [9.17, 15) is 26.3 Å². The monoisotopic (exact) mass is 399 g/mol. The van der Waals surface area contributed by atoms with Gasteiger partial charge in [-0.2, -0.15) is 4.31 Å². The third-order valence-electron chi connectivity index (χ3n) is 4.26. The van der Waals surface area contributed by atoms with Gasteiger partial charge in [-0.1, -0.05) is 30.3 Å². The zero-order valence-corrected chi connectivity index (χ0v) is 15.3. The number of benzene rings is 2. The van der Waals surface area contributed by atoms with Gasteiger partial charge in [-0.15, -0.1) is 0 Å². The van der Waals surface area contributed by atoms with Gasteiger partial charge in [0.15, 0.2) is 9.84 Å². The second kappa shape index (κ2) is 7.07. The molecule has 1 heterocycles. The molecule has 0 unspecified atom stereocenters. The van der Waals surface area contributed by atoms with Crippen LogP contribution >= 0.6 is 0 Å². The smallest absolute Gasteiger partial charge is 0.243 e. The molecule has 0 spiro atoms. The van der Waals surface area contributed by atoms with Gasteiger partial charge in [0.1, 0.15) is 5.82 Å². The van der Waals surface area contributed by atoms with Crippen molar-refractivity contribution in [3.05, 3.63) is 66.0 Å². The SMILES string of the molecule is O=S1(=O)C[C@H](O)[C@@H](N(Cc2ccccc2)S(=O)(=O)c2ccc(F)cc2)C1. The summed E-state index contributed by atoms with van der Waals surface area (Å²) in [4.78, 5) is -0.161. The van der Waals surface area contributed by atoms with Crippen LogP contribution < -0.4 is 0 Å². The molecule has 1 aliphatic rings. The van der Waals surface area contributed by atoms with Crippen LogP contribution in [0.1, 0.15) is 5.56 Å². The van der Waals surface area contributed by atoms with E-state index in [1.54, 1.807) is 30.3 Å². The Hall–Kier alpha value is -1.81. The number of hydrogen-bond acceptors (Lipinski definition) is 5. The molecule has 9 heteroatoms. The van der Waals surface area contributed by atoms with E-state index in [1.165, 1.54) is 0 Å². The molecule has 2 atom stereocenters. The van der Waals surface area contributed by atoms with Gasteiger partial charge in [0.2, 0.25) is 10.0 Å². The third kappa shape index (κ3) is 3.96. The van der Waals surface area contributed by atoms with E-state index in [4.69, 9.17) is 0 Å². The molecule has 2 aromatic rings. The van der Waals surface area contributed by atoms with Crippen molar-refractivity contribution in [1.82, 2.24) is 4.31 Å². The van der Waals surface area contributed by atoms with Crippen molar-refractivity contribution in [2.24, 2.45) is 0 Å². The van der Waals surface area contributed by atoms with Crippen molar-refractivity contribution >= 4 is 19.9 Å². The molecule has 0 bridgehead atoms. The highest BCUT2D eigenvalue weighted by Crippen LogP contribution is 2.27. The van der Waals surface area contributed by atoms with Gasteiger partial charge in [-0.3, -0.25) is 0 Å². The van der Waals surface area contributed by atoms with Crippen LogP contribution in [0.2, 0.25) is 0 Å². The summed E-state index contributed by atoms with van der Waals surface area (Å²) in [5, 5.41) is 10.2. The Morgan fingerprint density at radius 3 is 2.19 bits per heavy atom. The number of sulfone groups is 1. The number of hydrogen-bond donors (Lipinski definition) is 1. The van der Waals surface area contributed by atoms with E-state index in [2.05, 4.69) is 0 Å². The maximum Gasteiger partial charge on any atom is 0.243 e. The molecule has 0 saturated carbocycles. The van der Waals surface area contributed by atoms with Crippen molar-refractivity contribution in [3.8, 4) is 0 Å². The maximum absolute atomic E-state index is 13.2. The van der Waals surface area contributed by atoms with Crippen LogP contribution in [0.5, 0.6) is 0 Å². The Morgan fingerprint density at radius 2 is 1.65 bits per heavy atom.